The normalized spacial score (nSPS) is 32.7. The summed E-state index contributed by atoms with van der Waals surface area (Å²) in [4.78, 5) is 10.8. The third-order valence-electron chi connectivity index (χ3n) is 3.40. The van der Waals surface area contributed by atoms with Gasteiger partial charge in [0.05, 0.1) is 6.61 Å². The fourth-order valence-corrected chi connectivity index (χ4v) is 2.33. The molecule has 1 aliphatic heterocycles. The van der Waals surface area contributed by atoms with Gasteiger partial charge >= 0.3 is 6.09 Å². The molecule has 1 aromatic rings. The second kappa shape index (κ2) is 6.37. The van der Waals surface area contributed by atoms with Crippen molar-refractivity contribution in [2.24, 2.45) is 0 Å². The molecule has 5 atom stereocenters. The van der Waals surface area contributed by atoms with Crippen LogP contribution in [-0.4, -0.2) is 62.6 Å². The molecule has 6 N–H and O–H groups in total. The highest BCUT2D eigenvalue weighted by Gasteiger charge is 2.44. The fourth-order valence-electron chi connectivity index (χ4n) is 2.33. The van der Waals surface area contributed by atoms with E-state index in [1.165, 1.54) is 12.1 Å². The van der Waals surface area contributed by atoms with Crippen LogP contribution < -0.4 is 5.32 Å². The van der Waals surface area contributed by atoms with Gasteiger partial charge in [-0.3, -0.25) is 5.32 Å². The Morgan fingerprint density at radius 2 is 1.81 bits per heavy atom. The topological polar surface area (TPSA) is 139 Å². The number of hydrogen-bond acceptors (Lipinski definition) is 6. The molecule has 21 heavy (non-hydrogen) atoms. The Labute approximate surface area is 120 Å². The minimum absolute atomic E-state index is 0.189. The van der Waals surface area contributed by atoms with Gasteiger partial charge in [0.25, 0.3) is 0 Å². The number of carboxylic acid groups (broad SMARTS) is 1. The molecule has 0 aromatic heterocycles. The zero-order valence-corrected chi connectivity index (χ0v) is 11.0. The van der Waals surface area contributed by atoms with E-state index in [2.05, 4.69) is 5.32 Å². The highest BCUT2D eigenvalue weighted by Crippen LogP contribution is 2.35. The number of benzene rings is 1. The maximum atomic E-state index is 10.8. The fraction of sp³-hybridized carbons (Fsp3) is 0.462. The van der Waals surface area contributed by atoms with Crippen molar-refractivity contribution in [1.29, 1.82) is 0 Å². The summed E-state index contributed by atoms with van der Waals surface area (Å²) >= 11 is 0. The van der Waals surface area contributed by atoms with Crippen LogP contribution in [0.5, 0.6) is 0 Å². The van der Waals surface area contributed by atoms with Crippen molar-refractivity contribution in [3.63, 3.8) is 0 Å². The molecule has 1 aliphatic rings. The lowest BCUT2D eigenvalue weighted by molar-refractivity contribution is -0.231. The summed E-state index contributed by atoms with van der Waals surface area (Å²) < 4.78 is 5.40. The number of para-hydroxylation sites is 1. The van der Waals surface area contributed by atoms with E-state index in [1.54, 1.807) is 12.1 Å². The summed E-state index contributed by atoms with van der Waals surface area (Å²) in [7, 11) is 0. The Balaban J connectivity index is 2.34. The van der Waals surface area contributed by atoms with Gasteiger partial charge in [0.2, 0.25) is 0 Å². The summed E-state index contributed by atoms with van der Waals surface area (Å²) in [5.74, 6) is 0. The zero-order chi connectivity index (χ0) is 15.6. The molecule has 1 heterocycles. The van der Waals surface area contributed by atoms with Gasteiger partial charge in [-0.2, -0.15) is 0 Å². The van der Waals surface area contributed by atoms with E-state index in [-0.39, 0.29) is 5.69 Å². The van der Waals surface area contributed by atoms with Gasteiger partial charge in [0, 0.05) is 11.3 Å². The van der Waals surface area contributed by atoms with Gasteiger partial charge in [0.15, 0.2) is 0 Å². The van der Waals surface area contributed by atoms with Crippen LogP contribution >= 0.6 is 0 Å². The maximum Gasteiger partial charge on any atom is 0.409 e. The van der Waals surface area contributed by atoms with Crippen LogP contribution in [0.1, 0.15) is 11.7 Å². The number of ether oxygens (including phenoxy) is 1. The van der Waals surface area contributed by atoms with E-state index in [9.17, 15) is 20.1 Å². The predicted molar refractivity (Wildman–Crippen MR) is 70.8 cm³/mol. The number of aliphatic hydroxyl groups is 4. The number of hydrogen-bond donors (Lipinski definition) is 6. The largest absolute Gasteiger partial charge is 0.465 e. The summed E-state index contributed by atoms with van der Waals surface area (Å²) in [6.45, 7) is -0.546. The number of nitrogens with one attached hydrogen (secondary N) is 1. The maximum absolute atomic E-state index is 10.8. The monoisotopic (exact) mass is 299 g/mol. The molecule has 8 nitrogen and oxygen atoms in total. The lowest BCUT2D eigenvalue weighted by Crippen LogP contribution is -2.55. The highest BCUT2D eigenvalue weighted by atomic mass is 16.5. The average molecular weight is 299 g/mol. The Bertz CT molecular complexity index is 507. The highest BCUT2D eigenvalue weighted by molar-refractivity contribution is 5.84. The first-order valence-electron chi connectivity index (χ1n) is 6.35. The molecule has 0 saturated carbocycles. The van der Waals surface area contributed by atoms with E-state index < -0.39 is 43.2 Å². The number of aliphatic hydroxyl groups excluding tert-OH is 4. The summed E-state index contributed by atoms with van der Waals surface area (Å²) in [5, 5.41) is 49.7. The molecule has 1 amide bonds. The minimum Gasteiger partial charge on any atom is -0.465 e. The average Bonchev–Trinajstić information content (AvgIpc) is 2.46. The van der Waals surface area contributed by atoms with E-state index in [0.29, 0.717) is 5.56 Å². The summed E-state index contributed by atoms with van der Waals surface area (Å²) in [5.41, 5.74) is 0.492. The number of carbonyl (C=O) groups is 1. The van der Waals surface area contributed by atoms with E-state index in [1.807, 2.05) is 0 Å². The first-order chi connectivity index (χ1) is 9.95. The third kappa shape index (κ3) is 3.14. The van der Waals surface area contributed by atoms with Crippen molar-refractivity contribution in [3.05, 3.63) is 29.8 Å². The molecule has 0 radical (unpaired) electrons. The SMILES string of the molecule is O=C(O)Nc1ccccc1[C@@H]1O[C@H](CO)[C@H](O)[C@H](O)[C@H]1O. The molecule has 2 rings (SSSR count). The molecule has 0 unspecified atom stereocenters. The second-order valence-electron chi connectivity index (χ2n) is 4.77. The van der Waals surface area contributed by atoms with E-state index in [4.69, 9.17) is 14.9 Å². The molecule has 0 bridgehead atoms. The van der Waals surface area contributed by atoms with Crippen molar-refractivity contribution in [2.75, 3.05) is 11.9 Å². The van der Waals surface area contributed by atoms with Gasteiger partial charge in [-0.25, -0.2) is 4.79 Å². The van der Waals surface area contributed by atoms with Crippen molar-refractivity contribution >= 4 is 11.8 Å². The Morgan fingerprint density at radius 1 is 1.14 bits per heavy atom. The van der Waals surface area contributed by atoms with E-state index in [0.717, 1.165) is 0 Å². The molecule has 1 fully saturated rings. The van der Waals surface area contributed by atoms with Gasteiger partial charge in [-0.1, -0.05) is 18.2 Å². The zero-order valence-electron chi connectivity index (χ0n) is 11.0. The molecule has 0 aliphatic carbocycles. The van der Waals surface area contributed by atoms with Gasteiger partial charge in [-0.15, -0.1) is 0 Å². The van der Waals surface area contributed by atoms with E-state index >= 15 is 0 Å². The van der Waals surface area contributed by atoms with Crippen LogP contribution in [0.3, 0.4) is 0 Å². The molecule has 1 saturated heterocycles. The smallest absolute Gasteiger partial charge is 0.409 e. The lowest BCUT2D eigenvalue weighted by Gasteiger charge is -2.40. The van der Waals surface area contributed by atoms with Crippen LogP contribution in [0.25, 0.3) is 0 Å². The number of amides is 1. The van der Waals surface area contributed by atoms with Crippen LogP contribution in [0, 0.1) is 0 Å². The van der Waals surface area contributed by atoms with Gasteiger partial charge in [0.1, 0.15) is 30.5 Å². The van der Waals surface area contributed by atoms with Crippen molar-refractivity contribution in [3.8, 4) is 0 Å². The molecule has 1 aromatic carbocycles. The lowest BCUT2D eigenvalue weighted by atomic mass is 9.90. The molecule has 116 valence electrons. The van der Waals surface area contributed by atoms with Gasteiger partial charge < -0.3 is 30.3 Å². The standard InChI is InChI=1S/C13H17NO7/c15-5-8-9(16)10(17)11(18)12(21-8)6-3-1-2-4-7(6)14-13(19)20/h1-4,8-12,14-18H,5H2,(H,19,20)/t8-,9+,10+,11-,12+/m1/s1. The molecule has 0 spiro atoms. The van der Waals surface area contributed by atoms with Crippen molar-refractivity contribution in [2.45, 2.75) is 30.5 Å². The van der Waals surface area contributed by atoms with Crippen LogP contribution in [0.4, 0.5) is 10.5 Å². The van der Waals surface area contributed by atoms with Crippen molar-refractivity contribution in [1.82, 2.24) is 0 Å². The quantitative estimate of drug-likeness (QED) is 0.433. The third-order valence-corrected chi connectivity index (χ3v) is 3.40. The Kier molecular flexibility index (Phi) is 4.76. The first-order valence-corrected chi connectivity index (χ1v) is 6.35. The minimum atomic E-state index is -1.52. The predicted octanol–water partition coefficient (Wildman–Crippen LogP) is -0.709. The van der Waals surface area contributed by atoms with Crippen LogP contribution in [0.2, 0.25) is 0 Å². The Morgan fingerprint density at radius 3 is 2.43 bits per heavy atom. The summed E-state index contributed by atoms with van der Waals surface area (Å²) in [6, 6.07) is 6.21. The second-order valence-corrected chi connectivity index (χ2v) is 4.77. The number of anilines is 1. The van der Waals surface area contributed by atoms with Crippen LogP contribution in [0.15, 0.2) is 24.3 Å². The van der Waals surface area contributed by atoms with Crippen LogP contribution in [-0.2, 0) is 4.74 Å². The molecule has 8 heteroatoms. The number of rotatable bonds is 3. The molecular formula is C13H17NO7. The Hall–Kier alpha value is -1.71. The van der Waals surface area contributed by atoms with Gasteiger partial charge in [-0.05, 0) is 6.07 Å². The first kappa shape index (κ1) is 15.7. The summed E-state index contributed by atoms with van der Waals surface area (Å²) in [6.07, 6.45) is -7.85. The van der Waals surface area contributed by atoms with Crippen molar-refractivity contribution < 1.29 is 35.1 Å². The molecular weight excluding hydrogens is 282 g/mol.